The lowest BCUT2D eigenvalue weighted by atomic mass is 9.72. The number of piperidine rings is 1. The van der Waals surface area contributed by atoms with E-state index in [0.717, 1.165) is 36.8 Å². The summed E-state index contributed by atoms with van der Waals surface area (Å²) in [6.45, 7) is 3.65. The molecule has 0 bridgehead atoms. The van der Waals surface area contributed by atoms with E-state index in [1.165, 1.54) is 12.1 Å². The number of halogens is 1. The minimum absolute atomic E-state index is 0.0106. The molecule has 0 aromatic heterocycles. The van der Waals surface area contributed by atoms with E-state index in [4.69, 9.17) is 10.5 Å². The number of aliphatic hydroxyl groups is 2. The molecule has 1 aliphatic carbocycles. The molecule has 6 nitrogen and oxygen atoms in total. The third-order valence-electron chi connectivity index (χ3n) is 8.27. The Hall–Kier alpha value is -2.32. The van der Waals surface area contributed by atoms with Crippen molar-refractivity contribution >= 4 is 5.91 Å². The Kier molecular flexibility index (Phi) is 9.01. The summed E-state index contributed by atoms with van der Waals surface area (Å²) in [5, 5.41) is 22.6. The van der Waals surface area contributed by atoms with E-state index < -0.39 is 11.7 Å². The number of aliphatic hydroxyl groups excluding tert-OH is 1. The van der Waals surface area contributed by atoms with Crippen molar-refractivity contribution in [3.8, 4) is 11.1 Å². The van der Waals surface area contributed by atoms with Gasteiger partial charge in [-0.05, 0) is 80.7 Å². The van der Waals surface area contributed by atoms with Crippen molar-refractivity contribution in [2.75, 3.05) is 26.8 Å². The maximum Gasteiger partial charge on any atom is 0.225 e. The summed E-state index contributed by atoms with van der Waals surface area (Å²) in [6.07, 6.45) is 3.79. The molecule has 2 aromatic carbocycles. The molecular formula is C30H41FN2O4. The van der Waals surface area contributed by atoms with Crippen molar-refractivity contribution in [1.29, 1.82) is 0 Å². The summed E-state index contributed by atoms with van der Waals surface area (Å²) >= 11 is 0. The number of amides is 1. The molecular weight excluding hydrogens is 471 g/mol. The predicted molar refractivity (Wildman–Crippen MR) is 142 cm³/mol. The maximum atomic E-state index is 14.5. The lowest BCUT2D eigenvalue weighted by molar-refractivity contribution is -0.141. The number of unbranched alkanes of at least 4 members (excludes halogenated alkanes) is 1. The highest BCUT2D eigenvalue weighted by Gasteiger charge is 2.44. The second-order valence-electron chi connectivity index (χ2n) is 11.0. The number of ether oxygens (including phenoxy) is 1. The zero-order valence-corrected chi connectivity index (χ0v) is 22.0. The first-order chi connectivity index (χ1) is 17.7. The molecule has 202 valence electrons. The average molecular weight is 513 g/mol. The second kappa shape index (κ2) is 12.0. The molecule has 1 amide bonds. The average Bonchev–Trinajstić information content (AvgIpc) is 3.24. The van der Waals surface area contributed by atoms with Crippen molar-refractivity contribution in [2.24, 2.45) is 17.6 Å². The van der Waals surface area contributed by atoms with Crippen LogP contribution in [-0.4, -0.2) is 60.0 Å². The van der Waals surface area contributed by atoms with Gasteiger partial charge in [0.2, 0.25) is 5.91 Å². The molecule has 1 aliphatic heterocycles. The van der Waals surface area contributed by atoms with Crippen LogP contribution in [0.5, 0.6) is 0 Å². The zero-order valence-electron chi connectivity index (χ0n) is 22.0. The van der Waals surface area contributed by atoms with E-state index in [1.54, 1.807) is 13.2 Å². The molecule has 4 N–H and O–H groups in total. The summed E-state index contributed by atoms with van der Waals surface area (Å²) < 4.78 is 19.8. The van der Waals surface area contributed by atoms with Crippen LogP contribution in [0.4, 0.5) is 4.39 Å². The number of rotatable bonds is 9. The van der Waals surface area contributed by atoms with Gasteiger partial charge in [0.1, 0.15) is 5.82 Å². The largest absolute Gasteiger partial charge is 0.391 e. The van der Waals surface area contributed by atoms with Crippen molar-refractivity contribution in [2.45, 2.75) is 69.6 Å². The number of benzene rings is 2. The fraction of sp³-hybridized carbons (Fsp3) is 0.567. The van der Waals surface area contributed by atoms with Gasteiger partial charge in [-0.25, -0.2) is 4.39 Å². The van der Waals surface area contributed by atoms with Gasteiger partial charge < -0.3 is 25.6 Å². The molecule has 37 heavy (non-hydrogen) atoms. The van der Waals surface area contributed by atoms with Crippen molar-refractivity contribution in [1.82, 2.24) is 4.90 Å². The lowest BCUT2D eigenvalue weighted by Gasteiger charge is -2.44. The maximum absolute atomic E-state index is 14.5. The molecule has 2 aliphatic rings. The number of nitrogens with two attached hydrogens (primary N) is 1. The highest BCUT2D eigenvalue weighted by molar-refractivity contribution is 5.79. The monoisotopic (exact) mass is 512 g/mol. The van der Waals surface area contributed by atoms with Gasteiger partial charge in [0, 0.05) is 44.7 Å². The Morgan fingerprint density at radius 2 is 2.03 bits per heavy atom. The van der Waals surface area contributed by atoms with Crippen LogP contribution in [0, 0.1) is 24.6 Å². The van der Waals surface area contributed by atoms with Gasteiger partial charge in [-0.2, -0.15) is 0 Å². The Bertz CT molecular complexity index is 1070. The first-order valence-electron chi connectivity index (χ1n) is 13.5. The van der Waals surface area contributed by atoms with Crippen molar-refractivity contribution in [3.05, 3.63) is 59.4 Å². The summed E-state index contributed by atoms with van der Waals surface area (Å²) in [4.78, 5) is 15.2. The predicted octanol–water partition coefficient (Wildman–Crippen LogP) is 4.14. The smallest absolute Gasteiger partial charge is 0.225 e. The number of methoxy groups -OCH3 is 1. The van der Waals surface area contributed by atoms with Gasteiger partial charge >= 0.3 is 0 Å². The van der Waals surface area contributed by atoms with Crippen LogP contribution in [-0.2, 0) is 15.1 Å². The van der Waals surface area contributed by atoms with Crippen LogP contribution >= 0.6 is 0 Å². The molecule has 2 aromatic rings. The van der Waals surface area contributed by atoms with Gasteiger partial charge in [0.05, 0.1) is 11.7 Å². The van der Waals surface area contributed by atoms with Crippen LogP contribution in [0.3, 0.4) is 0 Å². The number of hydrogen-bond acceptors (Lipinski definition) is 5. The Morgan fingerprint density at radius 1 is 1.22 bits per heavy atom. The number of likely N-dealkylation sites (tertiary alicyclic amines) is 1. The van der Waals surface area contributed by atoms with Gasteiger partial charge in [-0.15, -0.1) is 0 Å². The Morgan fingerprint density at radius 3 is 2.73 bits per heavy atom. The molecule has 1 saturated carbocycles. The van der Waals surface area contributed by atoms with Crippen LogP contribution in [0.2, 0.25) is 0 Å². The number of carbonyl (C=O) groups excluding carboxylic acids is 1. The molecule has 4 rings (SSSR count). The number of nitrogens with zero attached hydrogens (tertiary/aromatic N) is 1. The zero-order chi connectivity index (χ0) is 26.6. The Labute approximate surface area is 219 Å². The van der Waals surface area contributed by atoms with Crippen molar-refractivity contribution in [3.63, 3.8) is 0 Å². The minimum atomic E-state index is -1.24. The third-order valence-corrected chi connectivity index (χ3v) is 8.27. The lowest BCUT2D eigenvalue weighted by Crippen LogP contribution is -2.49. The first-order valence-corrected chi connectivity index (χ1v) is 13.5. The van der Waals surface area contributed by atoms with Crippen LogP contribution in [0.25, 0.3) is 11.1 Å². The number of aryl methyl sites for hydroxylation is 1. The van der Waals surface area contributed by atoms with Gasteiger partial charge in [0.25, 0.3) is 0 Å². The van der Waals surface area contributed by atoms with Crippen LogP contribution in [0.1, 0.15) is 56.1 Å². The highest BCUT2D eigenvalue weighted by atomic mass is 19.1. The first kappa shape index (κ1) is 27.7. The van der Waals surface area contributed by atoms with E-state index >= 15 is 0 Å². The van der Waals surface area contributed by atoms with E-state index in [1.807, 2.05) is 36.1 Å². The fourth-order valence-corrected chi connectivity index (χ4v) is 6.22. The standard InChI is InChI=1S/C30H41FN2O4/c1-20-7-5-8-21(15-20)25-18-24(31)10-11-26(25)30(36,12-3-4-14-37-2)23-9-6-13-33(19-23)29(35)22-16-27(32)28(34)17-22/h5,7-8,10-11,15,18,22-23,27-28,34,36H,3-4,6,9,12-14,16-17,19,32H2,1-2H3. The summed E-state index contributed by atoms with van der Waals surface area (Å²) in [5.74, 6) is -0.830. The molecule has 5 atom stereocenters. The summed E-state index contributed by atoms with van der Waals surface area (Å²) in [6, 6.07) is 12.2. The van der Waals surface area contributed by atoms with Crippen molar-refractivity contribution < 1.29 is 24.1 Å². The topological polar surface area (TPSA) is 96.0 Å². The molecule has 7 heteroatoms. The van der Waals surface area contributed by atoms with E-state index in [2.05, 4.69) is 0 Å². The van der Waals surface area contributed by atoms with Crippen LogP contribution < -0.4 is 5.73 Å². The molecule has 5 unspecified atom stereocenters. The summed E-state index contributed by atoms with van der Waals surface area (Å²) in [7, 11) is 1.67. The molecule has 2 fully saturated rings. The summed E-state index contributed by atoms with van der Waals surface area (Å²) in [5.41, 5.74) is 8.05. The molecule has 1 saturated heterocycles. The van der Waals surface area contributed by atoms with Crippen LogP contribution in [0.15, 0.2) is 42.5 Å². The van der Waals surface area contributed by atoms with Gasteiger partial charge in [-0.1, -0.05) is 35.9 Å². The SMILES string of the molecule is COCCCCC(O)(c1ccc(F)cc1-c1cccc(C)c1)C1CCCN(C(=O)C2CC(N)C(O)C2)C1. The third kappa shape index (κ3) is 6.23. The fourth-order valence-electron chi connectivity index (χ4n) is 6.22. The molecule has 1 heterocycles. The molecule has 0 spiro atoms. The molecule has 0 radical (unpaired) electrons. The van der Waals surface area contributed by atoms with E-state index in [9.17, 15) is 19.4 Å². The Balaban J connectivity index is 1.67. The number of hydrogen-bond donors (Lipinski definition) is 3. The van der Waals surface area contributed by atoms with Gasteiger partial charge in [-0.3, -0.25) is 4.79 Å². The van der Waals surface area contributed by atoms with Gasteiger partial charge in [0.15, 0.2) is 0 Å². The quantitative estimate of drug-likeness (QED) is 0.439. The second-order valence-corrected chi connectivity index (χ2v) is 11.0. The number of carbonyl (C=O) groups is 1. The van der Waals surface area contributed by atoms with E-state index in [-0.39, 0.29) is 29.6 Å². The minimum Gasteiger partial charge on any atom is -0.391 e. The highest BCUT2D eigenvalue weighted by Crippen LogP contribution is 2.44. The van der Waals surface area contributed by atoms with E-state index in [0.29, 0.717) is 50.1 Å². The normalized spacial score (nSPS) is 25.7.